The van der Waals surface area contributed by atoms with Gasteiger partial charge in [0, 0.05) is 11.1 Å². The molecule has 0 spiro atoms. The molecule has 2 aromatic carbocycles. The summed E-state index contributed by atoms with van der Waals surface area (Å²) < 4.78 is 28.5. The average Bonchev–Trinajstić information content (AvgIpc) is 2.80. The second-order valence-electron chi connectivity index (χ2n) is 8.81. The van der Waals surface area contributed by atoms with Crippen LogP contribution in [0.5, 0.6) is 0 Å². The molecule has 0 saturated carbocycles. The Labute approximate surface area is 191 Å². The first-order valence-corrected chi connectivity index (χ1v) is 13.2. The number of piperidine rings is 1. The lowest BCUT2D eigenvalue weighted by atomic mass is 10.1. The van der Waals surface area contributed by atoms with Crippen LogP contribution in [0.4, 0.5) is 5.69 Å². The van der Waals surface area contributed by atoms with E-state index >= 15 is 0 Å². The number of pyridine rings is 1. The number of anilines is 1. The number of nitrogens with zero attached hydrogens (tertiary/aromatic N) is 2. The maximum Gasteiger partial charge on any atom is 0.261 e. The van der Waals surface area contributed by atoms with Crippen molar-refractivity contribution in [3.8, 4) is 0 Å². The monoisotopic (exact) mass is 451 g/mol. The third-order valence-electron chi connectivity index (χ3n) is 6.21. The summed E-state index contributed by atoms with van der Waals surface area (Å²) in [6.45, 7) is 5.66. The van der Waals surface area contributed by atoms with E-state index in [0.717, 1.165) is 29.5 Å². The molecule has 0 amide bonds. The predicted molar refractivity (Wildman–Crippen MR) is 132 cm³/mol. The molecule has 2 heterocycles. The van der Waals surface area contributed by atoms with E-state index in [1.807, 2.05) is 25.1 Å². The Morgan fingerprint density at radius 2 is 1.69 bits per heavy atom. The van der Waals surface area contributed by atoms with Gasteiger partial charge in [-0.15, -0.1) is 0 Å². The molecule has 3 aromatic rings. The van der Waals surface area contributed by atoms with Gasteiger partial charge in [-0.1, -0.05) is 48.7 Å². The van der Waals surface area contributed by atoms with Gasteiger partial charge in [0.2, 0.25) is 0 Å². The average molecular weight is 452 g/mol. The third kappa shape index (κ3) is 5.87. The van der Waals surface area contributed by atoms with Gasteiger partial charge in [0.05, 0.1) is 16.1 Å². The van der Waals surface area contributed by atoms with Crippen molar-refractivity contribution in [2.45, 2.75) is 56.8 Å². The number of benzene rings is 2. The van der Waals surface area contributed by atoms with Crippen LogP contribution in [0.15, 0.2) is 59.5 Å². The van der Waals surface area contributed by atoms with E-state index in [1.165, 1.54) is 51.7 Å². The molecular formula is C26H33N3O2S. The number of likely N-dealkylation sites (tertiary alicyclic amines) is 1. The Morgan fingerprint density at radius 1 is 0.906 bits per heavy atom. The normalized spacial score (nSPS) is 15.2. The third-order valence-corrected chi connectivity index (χ3v) is 7.59. The minimum absolute atomic E-state index is 0.255. The number of nitrogens with one attached hydrogen (secondary N) is 1. The van der Waals surface area contributed by atoms with Crippen LogP contribution in [-0.2, 0) is 16.4 Å². The zero-order chi connectivity index (χ0) is 22.4. The lowest BCUT2D eigenvalue weighted by Crippen LogP contribution is -2.30. The number of unbranched alkanes of at least 4 members (excludes halogenated alkanes) is 2. The van der Waals surface area contributed by atoms with Gasteiger partial charge in [-0.05, 0) is 82.9 Å². The van der Waals surface area contributed by atoms with Gasteiger partial charge >= 0.3 is 0 Å². The predicted octanol–water partition coefficient (Wildman–Crippen LogP) is 5.54. The number of hydrogen-bond donors (Lipinski definition) is 1. The number of sulfonamides is 1. The lowest BCUT2D eigenvalue weighted by Gasteiger charge is -2.26. The molecule has 6 heteroatoms. The van der Waals surface area contributed by atoms with E-state index in [4.69, 9.17) is 4.98 Å². The Kier molecular flexibility index (Phi) is 7.43. The second kappa shape index (κ2) is 10.5. The van der Waals surface area contributed by atoms with Crippen LogP contribution in [0.3, 0.4) is 0 Å². The minimum Gasteiger partial charge on any atom is -0.303 e. The minimum atomic E-state index is -3.66. The molecule has 1 fully saturated rings. The van der Waals surface area contributed by atoms with E-state index in [2.05, 4.69) is 15.7 Å². The van der Waals surface area contributed by atoms with Crippen molar-refractivity contribution in [1.29, 1.82) is 0 Å². The molecule has 1 aliphatic rings. The standard InChI is InChI=1S/C26H33N3O2S/c1-21-12-16-24(17-13-21)32(30,31)28-25-11-8-9-22-14-15-23(27-26(22)25)10-4-2-5-18-29-19-6-3-7-20-29/h8-9,11-17,28H,2-7,10,18-20H2,1H3. The fourth-order valence-electron chi connectivity index (χ4n) is 4.33. The van der Waals surface area contributed by atoms with Gasteiger partial charge in [0.15, 0.2) is 0 Å². The van der Waals surface area contributed by atoms with Crippen LogP contribution in [0, 0.1) is 6.92 Å². The maximum atomic E-state index is 12.9. The number of aromatic nitrogens is 1. The highest BCUT2D eigenvalue weighted by Crippen LogP contribution is 2.25. The molecule has 1 saturated heterocycles. The molecule has 0 atom stereocenters. The molecule has 4 rings (SSSR count). The highest BCUT2D eigenvalue weighted by atomic mass is 32.2. The van der Waals surface area contributed by atoms with E-state index in [-0.39, 0.29) is 4.90 Å². The number of fused-ring (bicyclic) bond motifs is 1. The smallest absolute Gasteiger partial charge is 0.261 e. The van der Waals surface area contributed by atoms with Crippen molar-refractivity contribution in [2.75, 3.05) is 24.4 Å². The van der Waals surface area contributed by atoms with Gasteiger partial charge in [-0.25, -0.2) is 8.42 Å². The summed E-state index contributed by atoms with van der Waals surface area (Å²) in [4.78, 5) is 7.66. The fraction of sp³-hybridized carbons (Fsp3) is 0.423. The molecule has 0 radical (unpaired) electrons. The van der Waals surface area contributed by atoms with Crippen molar-refractivity contribution >= 4 is 26.6 Å². The van der Waals surface area contributed by atoms with Crippen molar-refractivity contribution in [2.24, 2.45) is 0 Å². The van der Waals surface area contributed by atoms with Crippen LogP contribution >= 0.6 is 0 Å². The molecule has 5 nitrogen and oxygen atoms in total. The molecule has 1 aromatic heterocycles. The summed E-state index contributed by atoms with van der Waals surface area (Å²) >= 11 is 0. The van der Waals surface area contributed by atoms with Crippen LogP contribution < -0.4 is 4.72 Å². The molecule has 1 N–H and O–H groups in total. The number of aryl methyl sites for hydroxylation is 2. The molecule has 32 heavy (non-hydrogen) atoms. The molecule has 170 valence electrons. The summed E-state index contributed by atoms with van der Waals surface area (Å²) in [5.41, 5.74) is 3.26. The van der Waals surface area contributed by atoms with Crippen molar-refractivity contribution in [1.82, 2.24) is 9.88 Å². The van der Waals surface area contributed by atoms with Crippen molar-refractivity contribution in [3.05, 3.63) is 65.9 Å². The lowest BCUT2D eigenvalue weighted by molar-refractivity contribution is 0.224. The quantitative estimate of drug-likeness (QED) is 0.434. The number of rotatable bonds is 9. The number of para-hydroxylation sites is 1. The molecular weight excluding hydrogens is 418 g/mol. The first-order valence-electron chi connectivity index (χ1n) is 11.7. The summed E-state index contributed by atoms with van der Waals surface area (Å²) in [5.74, 6) is 0. The van der Waals surface area contributed by atoms with E-state index in [1.54, 1.807) is 30.3 Å². The van der Waals surface area contributed by atoms with Crippen molar-refractivity contribution < 1.29 is 8.42 Å². The molecule has 0 bridgehead atoms. The van der Waals surface area contributed by atoms with Gasteiger partial charge in [-0.3, -0.25) is 9.71 Å². The Morgan fingerprint density at radius 3 is 2.47 bits per heavy atom. The van der Waals surface area contributed by atoms with Crippen LogP contribution in [-0.4, -0.2) is 37.9 Å². The highest BCUT2D eigenvalue weighted by Gasteiger charge is 2.16. The zero-order valence-electron chi connectivity index (χ0n) is 18.9. The van der Waals surface area contributed by atoms with E-state index < -0.39 is 10.0 Å². The molecule has 0 aliphatic carbocycles. The fourth-order valence-corrected chi connectivity index (χ4v) is 5.40. The SMILES string of the molecule is Cc1ccc(S(=O)(=O)Nc2cccc3ccc(CCCCCN4CCCCC4)nc23)cc1. The van der Waals surface area contributed by atoms with Crippen molar-refractivity contribution in [3.63, 3.8) is 0 Å². The number of hydrogen-bond acceptors (Lipinski definition) is 4. The zero-order valence-corrected chi connectivity index (χ0v) is 19.7. The van der Waals surface area contributed by atoms with Gasteiger partial charge in [0.1, 0.15) is 0 Å². The summed E-state index contributed by atoms with van der Waals surface area (Å²) in [6, 6.07) is 16.6. The summed E-state index contributed by atoms with van der Waals surface area (Å²) in [7, 11) is -3.66. The summed E-state index contributed by atoms with van der Waals surface area (Å²) in [5, 5.41) is 0.933. The van der Waals surface area contributed by atoms with E-state index in [0.29, 0.717) is 11.2 Å². The van der Waals surface area contributed by atoms with Gasteiger partial charge in [0.25, 0.3) is 10.0 Å². The topological polar surface area (TPSA) is 62.3 Å². The maximum absolute atomic E-state index is 12.9. The largest absolute Gasteiger partial charge is 0.303 e. The van der Waals surface area contributed by atoms with E-state index in [9.17, 15) is 8.42 Å². The van der Waals surface area contributed by atoms with Crippen LogP contribution in [0.25, 0.3) is 10.9 Å². The van der Waals surface area contributed by atoms with Crippen LogP contribution in [0.2, 0.25) is 0 Å². The first-order chi connectivity index (χ1) is 15.5. The molecule has 0 unspecified atom stereocenters. The highest BCUT2D eigenvalue weighted by molar-refractivity contribution is 7.92. The Hall–Kier alpha value is -2.44. The summed E-state index contributed by atoms with van der Waals surface area (Å²) in [6.07, 6.45) is 8.51. The van der Waals surface area contributed by atoms with Gasteiger partial charge < -0.3 is 4.90 Å². The van der Waals surface area contributed by atoms with Crippen LogP contribution in [0.1, 0.15) is 49.8 Å². The van der Waals surface area contributed by atoms with Gasteiger partial charge in [-0.2, -0.15) is 0 Å². The molecule has 1 aliphatic heterocycles. The Bertz CT molecular complexity index is 1140. The second-order valence-corrected chi connectivity index (χ2v) is 10.5. The Balaban J connectivity index is 1.40. The first kappa shape index (κ1) is 22.7.